The molecule has 1 aromatic rings. The van der Waals surface area contributed by atoms with Gasteiger partial charge in [0, 0.05) is 18.7 Å². The fraction of sp³-hybridized carbons (Fsp3) is 0.600. The maximum Gasteiger partial charge on any atom is 0.119 e. The van der Waals surface area contributed by atoms with Crippen molar-refractivity contribution in [2.24, 2.45) is 0 Å². The number of benzene rings is 1. The predicted octanol–water partition coefficient (Wildman–Crippen LogP) is 2.68. The summed E-state index contributed by atoms with van der Waals surface area (Å²) < 4.78 is 5.42. The number of aliphatic hydroxyl groups excluding tert-OH is 1. The van der Waals surface area contributed by atoms with Crippen LogP contribution in [0.5, 0.6) is 5.75 Å². The molecule has 1 aromatic carbocycles. The molecule has 0 bridgehead atoms. The third-order valence-corrected chi connectivity index (χ3v) is 3.41. The van der Waals surface area contributed by atoms with E-state index in [0.29, 0.717) is 6.61 Å². The van der Waals surface area contributed by atoms with Gasteiger partial charge >= 0.3 is 0 Å². The minimum atomic E-state index is 0.00728. The number of aliphatic hydroxyl groups is 1. The molecule has 0 saturated heterocycles. The van der Waals surface area contributed by atoms with Crippen molar-refractivity contribution in [2.45, 2.75) is 39.3 Å². The Kier molecular flexibility index (Phi) is 5.63. The topological polar surface area (TPSA) is 32.7 Å². The van der Waals surface area contributed by atoms with Gasteiger partial charge in [0.05, 0.1) is 6.61 Å². The number of hydrogen-bond donors (Lipinski definition) is 1. The van der Waals surface area contributed by atoms with E-state index in [-0.39, 0.29) is 12.1 Å². The minimum absolute atomic E-state index is 0.00728. The monoisotopic (exact) mass is 251 g/mol. The maximum atomic E-state index is 9.07. The Hall–Kier alpha value is -1.06. The molecule has 102 valence electrons. The number of hydrogen-bond acceptors (Lipinski definition) is 3. The van der Waals surface area contributed by atoms with Gasteiger partial charge in [0.25, 0.3) is 0 Å². The van der Waals surface area contributed by atoms with Crippen molar-refractivity contribution in [1.82, 2.24) is 4.90 Å². The van der Waals surface area contributed by atoms with Crippen LogP contribution in [0.1, 0.15) is 32.8 Å². The van der Waals surface area contributed by atoms with Crippen LogP contribution in [0.25, 0.3) is 0 Å². The van der Waals surface area contributed by atoms with Gasteiger partial charge in [-0.3, -0.25) is 4.90 Å². The Bertz CT molecular complexity index is 346. The fourth-order valence-corrected chi connectivity index (χ4v) is 1.81. The Morgan fingerprint density at radius 2 is 1.83 bits per heavy atom. The average Bonchev–Trinajstić information content (AvgIpc) is 2.32. The lowest BCUT2D eigenvalue weighted by Crippen LogP contribution is -2.41. The van der Waals surface area contributed by atoms with Crippen LogP contribution in [0.4, 0.5) is 0 Å². The molecule has 0 aliphatic rings. The zero-order chi connectivity index (χ0) is 13.6. The van der Waals surface area contributed by atoms with E-state index in [4.69, 9.17) is 9.84 Å². The predicted molar refractivity (Wildman–Crippen MR) is 74.9 cm³/mol. The summed E-state index contributed by atoms with van der Waals surface area (Å²) in [6, 6.07) is 8.20. The first-order valence-corrected chi connectivity index (χ1v) is 6.53. The molecule has 1 rings (SSSR count). The Morgan fingerprint density at radius 3 is 2.33 bits per heavy atom. The SMILES string of the molecule is CCOc1ccc(CN(C)C(C)(C)CCO)cc1. The highest BCUT2D eigenvalue weighted by Crippen LogP contribution is 2.20. The van der Waals surface area contributed by atoms with E-state index >= 15 is 0 Å². The lowest BCUT2D eigenvalue weighted by molar-refractivity contribution is 0.110. The van der Waals surface area contributed by atoms with Gasteiger partial charge in [0.1, 0.15) is 5.75 Å². The molecule has 0 unspecified atom stereocenters. The van der Waals surface area contributed by atoms with Gasteiger partial charge in [-0.05, 0) is 51.9 Å². The van der Waals surface area contributed by atoms with Crippen LogP contribution in [-0.4, -0.2) is 35.8 Å². The van der Waals surface area contributed by atoms with Crippen LogP contribution >= 0.6 is 0 Å². The summed E-state index contributed by atoms with van der Waals surface area (Å²) in [4.78, 5) is 2.26. The summed E-state index contributed by atoms with van der Waals surface area (Å²) in [6.07, 6.45) is 0.778. The smallest absolute Gasteiger partial charge is 0.119 e. The van der Waals surface area contributed by atoms with E-state index in [0.717, 1.165) is 18.7 Å². The van der Waals surface area contributed by atoms with Crippen molar-refractivity contribution < 1.29 is 9.84 Å². The van der Waals surface area contributed by atoms with Crippen LogP contribution in [-0.2, 0) is 6.54 Å². The molecule has 0 spiro atoms. The first-order chi connectivity index (χ1) is 8.49. The number of nitrogens with zero attached hydrogens (tertiary/aromatic N) is 1. The molecule has 0 saturated carbocycles. The summed E-state index contributed by atoms with van der Waals surface area (Å²) in [7, 11) is 2.09. The summed E-state index contributed by atoms with van der Waals surface area (Å²) in [5.74, 6) is 0.915. The Labute approximate surface area is 110 Å². The summed E-state index contributed by atoms with van der Waals surface area (Å²) in [5.41, 5.74) is 1.26. The highest BCUT2D eigenvalue weighted by Gasteiger charge is 2.22. The van der Waals surface area contributed by atoms with E-state index < -0.39 is 0 Å². The summed E-state index contributed by atoms with van der Waals surface area (Å²) in [6.45, 7) is 8.08. The average molecular weight is 251 g/mol. The standard InChI is InChI=1S/C15H25NO2/c1-5-18-14-8-6-13(7-9-14)12-16(4)15(2,3)10-11-17/h6-9,17H,5,10-12H2,1-4H3. The molecule has 0 heterocycles. The highest BCUT2D eigenvalue weighted by molar-refractivity contribution is 5.27. The first-order valence-electron chi connectivity index (χ1n) is 6.53. The molecule has 0 amide bonds. The van der Waals surface area contributed by atoms with Gasteiger partial charge in [0.15, 0.2) is 0 Å². The fourth-order valence-electron chi connectivity index (χ4n) is 1.81. The van der Waals surface area contributed by atoms with E-state index in [9.17, 15) is 0 Å². The second-order valence-corrected chi connectivity index (χ2v) is 5.22. The lowest BCUT2D eigenvalue weighted by Gasteiger charge is -2.35. The van der Waals surface area contributed by atoms with Crippen LogP contribution < -0.4 is 4.74 Å². The molecular weight excluding hydrogens is 226 g/mol. The summed E-state index contributed by atoms with van der Waals surface area (Å²) in [5, 5.41) is 9.07. The maximum absolute atomic E-state index is 9.07. The quantitative estimate of drug-likeness (QED) is 0.808. The molecule has 0 fully saturated rings. The highest BCUT2D eigenvalue weighted by atomic mass is 16.5. The molecule has 0 aliphatic heterocycles. The molecule has 1 N–H and O–H groups in total. The van der Waals surface area contributed by atoms with E-state index in [1.807, 2.05) is 19.1 Å². The van der Waals surface area contributed by atoms with Gasteiger partial charge in [-0.25, -0.2) is 0 Å². The zero-order valence-corrected chi connectivity index (χ0v) is 11.9. The Balaban J connectivity index is 2.61. The van der Waals surface area contributed by atoms with Gasteiger partial charge in [-0.15, -0.1) is 0 Å². The number of ether oxygens (including phenoxy) is 1. The van der Waals surface area contributed by atoms with Crippen molar-refractivity contribution >= 4 is 0 Å². The van der Waals surface area contributed by atoms with Gasteiger partial charge < -0.3 is 9.84 Å². The first kappa shape index (κ1) is 15.0. The van der Waals surface area contributed by atoms with E-state index in [2.05, 4.69) is 37.9 Å². The normalized spacial score (nSPS) is 11.9. The molecule has 3 nitrogen and oxygen atoms in total. The van der Waals surface area contributed by atoms with Gasteiger partial charge in [-0.1, -0.05) is 12.1 Å². The van der Waals surface area contributed by atoms with Gasteiger partial charge in [0.2, 0.25) is 0 Å². The number of rotatable bonds is 7. The van der Waals surface area contributed by atoms with Gasteiger partial charge in [-0.2, -0.15) is 0 Å². The van der Waals surface area contributed by atoms with Crippen molar-refractivity contribution in [3.63, 3.8) is 0 Å². The molecule has 3 heteroatoms. The van der Waals surface area contributed by atoms with E-state index in [1.54, 1.807) is 0 Å². The molecule has 0 aromatic heterocycles. The minimum Gasteiger partial charge on any atom is -0.494 e. The third kappa shape index (κ3) is 4.31. The molecule has 0 aliphatic carbocycles. The molecular formula is C15H25NO2. The van der Waals surface area contributed by atoms with Crippen LogP contribution in [0.15, 0.2) is 24.3 Å². The van der Waals surface area contributed by atoms with Crippen molar-refractivity contribution in [3.05, 3.63) is 29.8 Å². The van der Waals surface area contributed by atoms with Crippen LogP contribution in [0, 0.1) is 0 Å². The summed E-state index contributed by atoms with van der Waals surface area (Å²) >= 11 is 0. The van der Waals surface area contributed by atoms with Crippen molar-refractivity contribution in [2.75, 3.05) is 20.3 Å². The molecule has 18 heavy (non-hydrogen) atoms. The van der Waals surface area contributed by atoms with Crippen molar-refractivity contribution in [1.29, 1.82) is 0 Å². The largest absolute Gasteiger partial charge is 0.494 e. The lowest BCUT2D eigenvalue weighted by atomic mass is 9.98. The second-order valence-electron chi connectivity index (χ2n) is 5.22. The van der Waals surface area contributed by atoms with Crippen LogP contribution in [0.2, 0.25) is 0 Å². The van der Waals surface area contributed by atoms with Crippen molar-refractivity contribution in [3.8, 4) is 5.75 Å². The Morgan fingerprint density at radius 1 is 1.22 bits per heavy atom. The molecule has 0 atom stereocenters. The second kappa shape index (κ2) is 6.76. The van der Waals surface area contributed by atoms with E-state index in [1.165, 1.54) is 5.56 Å². The van der Waals surface area contributed by atoms with Crippen LogP contribution in [0.3, 0.4) is 0 Å². The zero-order valence-electron chi connectivity index (χ0n) is 11.9. The molecule has 0 radical (unpaired) electrons. The third-order valence-electron chi connectivity index (χ3n) is 3.41.